The number of rotatable bonds is 11. The number of aliphatic hydroxyl groups is 1. The molecule has 1 fully saturated rings. The summed E-state index contributed by atoms with van der Waals surface area (Å²) >= 11 is 1.15. The highest BCUT2D eigenvalue weighted by molar-refractivity contribution is 7.99. The van der Waals surface area contributed by atoms with E-state index in [1.54, 1.807) is 19.4 Å². The second kappa shape index (κ2) is 12.7. The topological polar surface area (TPSA) is 82.9 Å². The Bertz CT molecular complexity index is 1210. The number of hydrogen-bond acceptors (Lipinski definition) is 6. The molecule has 1 aliphatic rings. The number of aromatic nitrogens is 1. The summed E-state index contributed by atoms with van der Waals surface area (Å²) < 4.78 is 32.9. The molecule has 9 heteroatoms. The second-order valence-electron chi connectivity index (χ2n) is 9.42. The van der Waals surface area contributed by atoms with E-state index in [1.165, 1.54) is 18.2 Å². The predicted molar refractivity (Wildman–Crippen MR) is 140 cm³/mol. The summed E-state index contributed by atoms with van der Waals surface area (Å²) in [5.41, 5.74) is 1.53. The van der Waals surface area contributed by atoms with Crippen LogP contribution >= 0.6 is 11.8 Å². The molecule has 1 unspecified atom stereocenters. The van der Waals surface area contributed by atoms with E-state index < -0.39 is 29.6 Å². The number of carboxylic acid groups (broad SMARTS) is 1. The standard InChI is InChI=1S/C28H32F2N2O4S/c1-36-19-7-8-25-21(16-19)20(10-12-31-25)26(33)9-6-18-11-14-32(17-22(18)28(34)35)13-3-15-37-27-23(29)4-2-5-24(27)30/h2,4-5,7-8,10,12,16,18,22,26,33H,3,6,9,11,13-15,17H2,1H3,(H,34,35)/t18-,22+,26?/m1/s1. The zero-order valence-electron chi connectivity index (χ0n) is 20.8. The molecule has 0 radical (unpaired) electrons. The molecule has 0 bridgehead atoms. The number of benzene rings is 2. The van der Waals surface area contributed by atoms with Gasteiger partial charge in [-0.05, 0) is 92.4 Å². The van der Waals surface area contributed by atoms with E-state index in [4.69, 9.17) is 4.74 Å². The normalized spacial score (nSPS) is 19.1. The molecular weight excluding hydrogens is 498 g/mol. The molecule has 37 heavy (non-hydrogen) atoms. The SMILES string of the molecule is COc1ccc2nccc(C(O)CC[C@@H]3CCN(CCCSc4c(F)cccc4F)C[C@@H]3C(=O)O)c2c1. The molecule has 0 saturated carbocycles. The Kier molecular flexibility index (Phi) is 9.34. The Morgan fingerprint density at radius 2 is 2.03 bits per heavy atom. The lowest BCUT2D eigenvalue weighted by atomic mass is 9.81. The van der Waals surface area contributed by atoms with Crippen molar-refractivity contribution < 1.29 is 28.5 Å². The van der Waals surface area contributed by atoms with E-state index in [-0.39, 0.29) is 10.8 Å². The molecule has 6 nitrogen and oxygen atoms in total. The van der Waals surface area contributed by atoms with E-state index in [1.807, 2.05) is 18.2 Å². The highest BCUT2D eigenvalue weighted by Crippen LogP contribution is 2.34. The van der Waals surface area contributed by atoms with E-state index in [2.05, 4.69) is 9.88 Å². The molecule has 4 rings (SSSR count). The fourth-order valence-electron chi connectivity index (χ4n) is 5.07. The number of ether oxygens (including phenoxy) is 1. The summed E-state index contributed by atoms with van der Waals surface area (Å²) in [5.74, 6) is -1.27. The quantitative estimate of drug-likeness (QED) is 0.249. The lowest BCUT2D eigenvalue weighted by Gasteiger charge is -2.37. The Morgan fingerprint density at radius 3 is 2.76 bits per heavy atom. The van der Waals surface area contributed by atoms with Crippen molar-refractivity contribution in [2.45, 2.75) is 36.7 Å². The van der Waals surface area contributed by atoms with Crippen LogP contribution in [0.25, 0.3) is 10.9 Å². The first-order chi connectivity index (χ1) is 17.9. The molecule has 0 spiro atoms. The number of nitrogens with zero attached hydrogens (tertiary/aromatic N) is 2. The molecule has 0 amide bonds. The Labute approximate surface area is 219 Å². The van der Waals surface area contributed by atoms with Crippen LogP contribution in [0.1, 0.15) is 37.4 Å². The summed E-state index contributed by atoms with van der Waals surface area (Å²) in [4.78, 5) is 18.6. The monoisotopic (exact) mass is 530 g/mol. The average molecular weight is 531 g/mol. The van der Waals surface area contributed by atoms with Crippen LogP contribution in [0.15, 0.2) is 53.6 Å². The first kappa shape index (κ1) is 27.3. The molecule has 1 aliphatic heterocycles. The number of aliphatic hydroxyl groups excluding tert-OH is 1. The van der Waals surface area contributed by atoms with Gasteiger partial charge in [-0.15, -0.1) is 11.8 Å². The Morgan fingerprint density at radius 1 is 1.24 bits per heavy atom. The average Bonchev–Trinajstić information content (AvgIpc) is 2.90. The van der Waals surface area contributed by atoms with Crippen molar-refractivity contribution in [2.75, 3.05) is 32.5 Å². The molecule has 1 saturated heterocycles. The molecule has 1 aromatic heterocycles. The highest BCUT2D eigenvalue weighted by Gasteiger charge is 2.34. The number of carboxylic acids is 1. The third kappa shape index (κ3) is 6.77. The van der Waals surface area contributed by atoms with Crippen molar-refractivity contribution in [3.8, 4) is 5.75 Å². The second-order valence-corrected chi connectivity index (χ2v) is 10.5. The summed E-state index contributed by atoms with van der Waals surface area (Å²) in [5, 5.41) is 21.7. The first-order valence-electron chi connectivity index (χ1n) is 12.5. The van der Waals surface area contributed by atoms with Crippen LogP contribution in [0.3, 0.4) is 0 Å². The number of thioether (sulfide) groups is 1. The van der Waals surface area contributed by atoms with Gasteiger partial charge < -0.3 is 19.8 Å². The zero-order chi connectivity index (χ0) is 26.4. The fourth-order valence-corrected chi connectivity index (χ4v) is 5.96. The van der Waals surface area contributed by atoms with Gasteiger partial charge in [-0.25, -0.2) is 8.78 Å². The third-order valence-corrected chi connectivity index (χ3v) is 8.27. The van der Waals surface area contributed by atoms with Crippen molar-refractivity contribution in [3.63, 3.8) is 0 Å². The van der Waals surface area contributed by atoms with E-state index in [0.717, 1.165) is 41.2 Å². The number of piperidine rings is 1. The smallest absolute Gasteiger partial charge is 0.308 e. The number of likely N-dealkylation sites (tertiary alicyclic amines) is 1. The highest BCUT2D eigenvalue weighted by atomic mass is 32.2. The van der Waals surface area contributed by atoms with Gasteiger partial charge in [-0.2, -0.15) is 0 Å². The Hall–Kier alpha value is -2.75. The fraction of sp³-hybridized carbons (Fsp3) is 0.429. The minimum absolute atomic E-state index is 0.0311. The molecule has 2 N–H and O–H groups in total. The van der Waals surface area contributed by atoms with Gasteiger partial charge in [-0.1, -0.05) is 6.07 Å². The van der Waals surface area contributed by atoms with Gasteiger partial charge in [0.05, 0.1) is 29.5 Å². The van der Waals surface area contributed by atoms with Gasteiger partial charge in [0, 0.05) is 18.1 Å². The lowest BCUT2D eigenvalue weighted by Crippen LogP contribution is -2.44. The van der Waals surface area contributed by atoms with Crippen molar-refractivity contribution in [1.29, 1.82) is 0 Å². The maximum Gasteiger partial charge on any atom is 0.308 e. The molecular formula is C28H32F2N2O4S. The maximum atomic E-state index is 13.8. The number of aliphatic carboxylic acids is 1. The van der Waals surface area contributed by atoms with Crippen molar-refractivity contribution in [1.82, 2.24) is 9.88 Å². The number of halogens is 2. The number of pyridine rings is 1. The largest absolute Gasteiger partial charge is 0.497 e. The van der Waals surface area contributed by atoms with Gasteiger partial charge in [0.25, 0.3) is 0 Å². The number of carbonyl (C=O) groups is 1. The van der Waals surface area contributed by atoms with Crippen molar-refractivity contribution in [3.05, 3.63) is 65.9 Å². The van der Waals surface area contributed by atoms with Crippen LogP contribution in [0.4, 0.5) is 8.78 Å². The third-order valence-electron chi connectivity index (χ3n) is 7.09. The van der Waals surface area contributed by atoms with E-state index in [0.29, 0.717) is 43.9 Å². The van der Waals surface area contributed by atoms with Gasteiger partial charge in [0.15, 0.2) is 0 Å². The zero-order valence-corrected chi connectivity index (χ0v) is 21.6. The summed E-state index contributed by atoms with van der Waals surface area (Å²) in [6, 6.07) is 11.2. The molecule has 2 aromatic carbocycles. The number of methoxy groups -OCH3 is 1. The number of fused-ring (bicyclic) bond motifs is 1. The number of hydrogen-bond donors (Lipinski definition) is 2. The van der Waals surface area contributed by atoms with Crippen LogP contribution in [0, 0.1) is 23.5 Å². The minimum Gasteiger partial charge on any atom is -0.497 e. The van der Waals surface area contributed by atoms with E-state index >= 15 is 0 Å². The minimum atomic E-state index is -0.828. The van der Waals surface area contributed by atoms with Crippen LogP contribution in [0.5, 0.6) is 5.75 Å². The molecule has 3 atom stereocenters. The van der Waals surface area contributed by atoms with Crippen LogP contribution in [-0.4, -0.2) is 58.6 Å². The molecule has 0 aliphatic carbocycles. The van der Waals surface area contributed by atoms with Gasteiger partial charge in [-0.3, -0.25) is 9.78 Å². The van der Waals surface area contributed by atoms with Crippen LogP contribution in [0.2, 0.25) is 0 Å². The lowest BCUT2D eigenvalue weighted by molar-refractivity contribution is -0.146. The summed E-state index contributed by atoms with van der Waals surface area (Å²) in [6.45, 7) is 1.87. The summed E-state index contributed by atoms with van der Waals surface area (Å²) in [7, 11) is 1.59. The van der Waals surface area contributed by atoms with Crippen LogP contribution < -0.4 is 4.74 Å². The first-order valence-corrected chi connectivity index (χ1v) is 13.5. The van der Waals surface area contributed by atoms with Crippen molar-refractivity contribution >= 4 is 28.6 Å². The summed E-state index contributed by atoms with van der Waals surface area (Å²) in [6.07, 6.45) is 3.42. The van der Waals surface area contributed by atoms with Crippen molar-refractivity contribution in [2.24, 2.45) is 11.8 Å². The molecule has 2 heterocycles. The molecule has 3 aromatic rings. The van der Waals surface area contributed by atoms with Gasteiger partial charge in [0.1, 0.15) is 17.4 Å². The Balaban J connectivity index is 1.30. The van der Waals surface area contributed by atoms with Gasteiger partial charge in [0.2, 0.25) is 0 Å². The molecule has 198 valence electrons. The van der Waals surface area contributed by atoms with Gasteiger partial charge >= 0.3 is 5.97 Å². The van der Waals surface area contributed by atoms with Crippen LogP contribution in [-0.2, 0) is 4.79 Å². The predicted octanol–water partition coefficient (Wildman–Crippen LogP) is 5.54. The van der Waals surface area contributed by atoms with E-state index in [9.17, 15) is 23.8 Å². The maximum absolute atomic E-state index is 13.8.